The van der Waals surface area contributed by atoms with Gasteiger partial charge in [-0.05, 0) is 24.6 Å². The Morgan fingerprint density at radius 1 is 1.45 bits per heavy atom. The van der Waals surface area contributed by atoms with E-state index in [4.69, 9.17) is 9.63 Å². The van der Waals surface area contributed by atoms with Gasteiger partial charge in [-0.15, -0.1) is 11.8 Å². The Kier molecular flexibility index (Phi) is 4.44. The first-order chi connectivity index (χ1) is 9.47. The molecule has 2 aromatic rings. The SMILES string of the molecule is Cc1ccc(SCc2nc(C(C)C)no2)cc1C(=O)O. The summed E-state index contributed by atoms with van der Waals surface area (Å²) in [6.07, 6.45) is 0. The predicted octanol–water partition coefficient (Wildman–Crippen LogP) is 3.49. The number of aryl methyl sites for hydroxylation is 1. The molecule has 6 heteroatoms. The number of benzene rings is 1. The average Bonchev–Trinajstić information content (AvgIpc) is 2.86. The van der Waals surface area contributed by atoms with Crippen molar-refractivity contribution in [2.75, 3.05) is 0 Å². The molecule has 0 saturated carbocycles. The fourth-order valence-corrected chi connectivity index (χ4v) is 2.40. The van der Waals surface area contributed by atoms with Crippen molar-refractivity contribution in [2.24, 2.45) is 0 Å². The van der Waals surface area contributed by atoms with Gasteiger partial charge >= 0.3 is 5.97 Å². The molecule has 0 aliphatic rings. The molecule has 1 heterocycles. The van der Waals surface area contributed by atoms with E-state index in [-0.39, 0.29) is 5.92 Å². The molecule has 0 fully saturated rings. The van der Waals surface area contributed by atoms with E-state index in [0.717, 1.165) is 10.5 Å². The third-order valence-electron chi connectivity index (χ3n) is 2.80. The lowest BCUT2D eigenvalue weighted by Crippen LogP contribution is -1.99. The molecule has 0 aliphatic carbocycles. The molecule has 0 amide bonds. The zero-order chi connectivity index (χ0) is 14.7. The number of aromatic nitrogens is 2. The lowest BCUT2D eigenvalue weighted by atomic mass is 10.1. The van der Waals surface area contributed by atoms with E-state index in [1.165, 1.54) is 11.8 Å². The standard InChI is InChI=1S/C14H16N2O3S/c1-8(2)13-15-12(19-16-13)7-20-10-5-4-9(3)11(6-10)14(17)18/h4-6,8H,7H2,1-3H3,(H,17,18). The predicted molar refractivity (Wildman–Crippen MR) is 76.1 cm³/mol. The van der Waals surface area contributed by atoms with Crippen LogP contribution in [0.5, 0.6) is 0 Å². The number of thioether (sulfide) groups is 1. The number of carboxylic acid groups (broad SMARTS) is 1. The molecule has 5 nitrogen and oxygen atoms in total. The molecule has 20 heavy (non-hydrogen) atoms. The number of aromatic carboxylic acids is 1. The molecule has 0 saturated heterocycles. The molecule has 1 N–H and O–H groups in total. The number of hydrogen-bond donors (Lipinski definition) is 1. The van der Waals surface area contributed by atoms with E-state index in [2.05, 4.69) is 10.1 Å². The van der Waals surface area contributed by atoms with E-state index in [0.29, 0.717) is 23.0 Å². The van der Waals surface area contributed by atoms with E-state index in [1.54, 1.807) is 19.1 Å². The summed E-state index contributed by atoms with van der Waals surface area (Å²) in [6.45, 7) is 5.78. The quantitative estimate of drug-likeness (QED) is 0.850. The minimum atomic E-state index is -0.912. The molecule has 0 atom stereocenters. The molecule has 0 unspecified atom stereocenters. The highest BCUT2D eigenvalue weighted by molar-refractivity contribution is 7.98. The van der Waals surface area contributed by atoms with E-state index in [1.807, 2.05) is 19.9 Å². The summed E-state index contributed by atoms with van der Waals surface area (Å²) in [5.74, 6) is 1.09. The Balaban J connectivity index is 2.06. The second kappa shape index (κ2) is 6.09. The molecular formula is C14H16N2O3S. The first-order valence-corrected chi connectivity index (χ1v) is 7.25. The van der Waals surface area contributed by atoms with Crippen LogP contribution in [0, 0.1) is 6.92 Å². The molecule has 106 valence electrons. The Morgan fingerprint density at radius 3 is 2.80 bits per heavy atom. The first-order valence-electron chi connectivity index (χ1n) is 6.26. The van der Waals surface area contributed by atoms with Crippen LogP contribution < -0.4 is 0 Å². The van der Waals surface area contributed by atoms with Crippen LogP contribution in [0.1, 0.15) is 47.4 Å². The van der Waals surface area contributed by atoms with E-state index < -0.39 is 5.97 Å². The summed E-state index contributed by atoms with van der Waals surface area (Å²) in [4.78, 5) is 16.2. The highest BCUT2D eigenvalue weighted by Crippen LogP contribution is 2.25. The second-order valence-electron chi connectivity index (χ2n) is 4.77. The summed E-state index contributed by atoms with van der Waals surface area (Å²) >= 11 is 1.48. The topological polar surface area (TPSA) is 76.2 Å². The number of carbonyl (C=O) groups is 1. The largest absolute Gasteiger partial charge is 0.478 e. The third-order valence-corrected chi connectivity index (χ3v) is 3.78. The molecule has 1 aromatic heterocycles. The fraction of sp³-hybridized carbons (Fsp3) is 0.357. The van der Waals surface area contributed by atoms with Crippen LogP contribution in [-0.2, 0) is 5.75 Å². The van der Waals surface area contributed by atoms with Crippen LogP contribution in [0.25, 0.3) is 0 Å². The lowest BCUT2D eigenvalue weighted by molar-refractivity contribution is 0.0696. The van der Waals surface area contributed by atoms with Gasteiger partial charge in [-0.1, -0.05) is 25.1 Å². The maximum atomic E-state index is 11.1. The lowest BCUT2D eigenvalue weighted by Gasteiger charge is -2.03. The van der Waals surface area contributed by atoms with Gasteiger partial charge in [0.25, 0.3) is 0 Å². The summed E-state index contributed by atoms with van der Waals surface area (Å²) in [5, 5.41) is 13.0. The minimum absolute atomic E-state index is 0.232. The average molecular weight is 292 g/mol. The summed E-state index contributed by atoms with van der Waals surface area (Å²) < 4.78 is 5.15. The summed E-state index contributed by atoms with van der Waals surface area (Å²) in [6, 6.07) is 5.37. The Hall–Kier alpha value is -1.82. The molecule has 1 aromatic carbocycles. The van der Waals surface area contributed by atoms with Gasteiger partial charge < -0.3 is 9.63 Å². The van der Waals surface area contributed by atoms with Crippen LogP contribution in [-0.4, -0.2) is 21.2 Å². The van der Waals surface area contributed by atoms with Crippen molar-refractivity contribution >= 4 is 17.7 Å². The van der Waals surface area contributed by atoms with Crippen LogP contribution in [0.15, 0.2) is 27.6 Å². The van der Waals surface area contributed by atoms with Crippen LogP contribution in [0.3, 0.4) is 0 Å². The first kappa shape index (κ1) is 14.6. The maximum absolute atomic E-state index is 11.1. The number of nitrogens with zero attached hydrogens (tertiary/aromatic N) is 2. The smallest absolute Gasteiger partial charge is 0.335 e. The van der Waals surface area contributed by atoms with Gasteiger partial charge in [0.15, 0.2) is 5.82 Å². The van der Waals surface area contributed by atoms with Crippen molar-refractivity contribution in [3.8, 4) is 0 Å². The fourth-order valence-electron chi connectivity index (χ4n) is 1.63. The zero-order valence-electron chi connectivity index (χ0n) is 11.6. The van der Waals surface area contributed by atoms with Gasteiger partial charge in [0.1, 0.15) is 0 Å². The molecule has 0 spiro atoms. The van der Waals surface area contributed by atoms with Gasteiger partial charge in [0.2, 0.25) is 5.89 Å². The highest BCUT2D eigenvalue weighted by atomic mass is 32.2. The third kappa shape index (κ3) is 3.39. The van der Waals surface area contributed by atoms with E-state index in [9.17, 15) is 4.79 Å². The van der Waals surface area contributed by atoms with Crippen molar-refractivity contribution in [2.45, 2.75) is 37.3 Å². The summed E-state index contributed by atoms with van der Waals surface area (Å²) in [5.41, 5.74) is 1.07. The van der Waals surface area contributed by atoms with Gasteiger partial charge in [-0.25, -0.2) is 4.79 Å². The Bertz CT molecular complexity index is 623. The summed E-state index contributed by atoms with van der Waals surface area (Å²) in [7, 11) is 0. The van der Waals surface area contributed by atoms with Gasteiger partial charge in [0.05, 0.1) is 11.3 Å². The monoisotopic (exact) mass is 292 g/mol. The molecule has 2 rings (SSSR count). The molecule has 0 bridgehead atoms. The number of hydrogen-bond acceptors (Lipinski definition) is 5. The van der Waals surface area contributed by atoms with Crippen molar-refractivity contribution in [1.29, 1.82) is 0 Å². The van der Waals surface area contributed by atoms with Crippen LogP contribution >= 0.6 is 11.8 Å². The molecular weight excluding hydrogens is 276 g/mol. The molecule has 0 aliphatic heterocycles. The Labute approximate surface area is 121 Å². The van der Waals surface area contributed by atoms with Gasteiger partial charge in [-0.2, -0.15) is 4.98 Å². The minimum Gasteiger partial charge on any atom is -0.478 e. The zero-order valence-corrected chi connectivity index (χ0v) is 12.4. The normalized spacial score (nSPS) is 11.0. The van der Waals surface area contributed by atoms with Crippen LogP contribution in [0.2, 0.25) is 0 Å². The van der Waals surface area contributed by atoms with Crippen molar-refractivity contribution in [3.63, 3.8) is 0 Å². The number of carboxylic acids is 1. The second-order valence-corrected chi connectivity index (χ2v) is 5.82. The van der Waals surface area contributed by atoms with Gasteiger partial charge in [-0.3, -0.25) is 0 Å². The van der Waals surface area contributed by atoms with Crippen LogP contribution in [0.4, 0.5) is 0 Å². The van der Waals surface area contributed by atoms with Crippen molar-refractivity contribution < 1.29 is 14.4 Å². The highest BCUT2D eigenvalue weighted by Gasteiger charge is 2.11. The van der Waals surface area contributed by atoms with E-state index >= 15 is 0 Å². The molecule has 0 radical (unpaired) electrons. The van der Waals surface area contributed by atoms with Crippen molar-refractivity contribution in [1.82, 2.24) is 10.1 Å². The number of rotatable bonds is 5. The maximum Gasteiger partial charge on any atom is 0.335 e. The Morgan fingerprint density at radius 2 is 2.20 bits per heavy atom. The van der Waals surface area contributed by atoms with Gasteiger partial charge in [0, 0.05) is 10.8 Å². The van der Waals surface area contributed by atoms with Crippen molar-refractivity contribution in [3.05, 3.63) is 41.0 Å².